The minimum Gasteiger partial charge on any atom is -0.493 e. The number of nitrogens with one attached hydrogen (secondary N) is 1. The fourth-order valence-corrected chi connectivity index (χ4v) is 2.75. The predicted molar refractivity (Wildman–Crippen MR) is 77.4 cm³/mol. The Hall–Kier alpha value is -1.62. The van der Waals surface area contributed by atoms with Crippen LogP contribution in [0.1, 0.15) is 23.9 Å². The van der Waals surface area contributed by atoms with E-state index >= 15 is 0 Å². The lowest BCUT2D eigenvalue weighted by atomic mass is 10.0. The van der Waals surface area contributed by atoms with Gasteiger partial charge in [-0.25, -0.2) is 9.97 Å². The molecule has 2 aromatic rings. The molecule has 5 heteroatoms. The maximum atomic E-state index is 5.66. The van der Waals surface area contributed by atoms with Gasteiger partial charge >= 0.3 is 0 Å². The molecule has 1 aliphatic rings. The number of para-hydroxylation sites is 1. The average molecular weight is 320 g/mol. The van der Waals surface area contributed by atoms with Crippen LogP contribution < -0.4 is 10.1 Å². The smallest absolute Gasteiger partial charge is 0.131 e. The molecular weight excluding hydrogens is 306 g/mol. The van der Waals surface area contributed by atoms with Gasteiger partial charge in [0.1, 0.15) is 22.0 Å². The van der Waals surface area contributed by atoms with Crippen LogP contribution in [0.2, 0.25) is 0 Å². The van der Waals surface area contributed by atoms with Gasteiger partial charge in [-0.15, -0.1) is 0 Å². The van der Waals surface area contributed by atoms with E-state index in [9.17, 15) is 0 Å². The molecule has 0 saturated heterocycles. The number of hydrogen-bond donors (Lipinski definition) is 1. The van der Waals surface area contributed by atoms with Gasteiger partial charge in [0, 0.05) is 18.1 Å². The maximum Gasteiger partial charge on any atom is 0.131 e. The van der Waals surface area contributed by atoms with Crippen molar-refractivity contribution in [1.29, 1.82) is 0 Å². The lowest BCUT2D eigenvalue weighted by molar-refractivity contribution is 0.274. The lowest BCUT2D eigenvalue weighted by Gasteiger charge is -2.27. The van der Waals surface area contributed by atoms with E-state index in [1.54, 1.807) is 0 Å². The molecule has 0 bridgehead atoms. The van der Waals surface area contributed by atoms with Crippen molar-refractivity contribution in [3.63, 3.8) is 0 Å². The molecule has 3 rings (SSSR count). The molecule has 0 amide bonds. The topological polar surface area (TPSA) is 47.0 Å². The van der Waals surface area contributed by atoms with Crippen LogP contribution >= 0.6 is 15.9 Å². The van der Waals surface area contributed by atoms with Crippen LogP contribution in [0.4, 0.5) is 5.82 Å². The van der Waals surface area contributed by atoms with Crippen LogP contribution in [0.5, 0.6) is 5.75 Å². The van der Waals surface area contributed by atoms with Crippen molar-refractivity contribution in [2.24, 2.45) is 0 Å². The summed E-state index contributed by atoms with van der Waals surface area (Å²) in [4.78, 5) is 8.62. The molecule has 4 nitrogen and oxygen atoms in total. The molecule has 1 N–H and O–H groups in total. The van der Waals surface area contributed by atoms with Crippen LogP contribution in [0.25, 0.3) is 0 Å². The minimum atomic E-state index is 0.228. The lowest BCUT2D eigenvalue weighted by Crippen LogP contribution is -2.21. The van der Waals surface area contributed by atoms with Crippen LogP contribution in [-0.2, 0) is 0 Å². The molecule has 98 valence electrons. The van der Waals surface area contributed by atoms with Gasteiger partial charge in [0.25, 0.3) is 0 Å². The first-order chi connectivity index (χ1) is 9.22. The van der Waals surface area contributed by atoms with E-state index in [1.807, 2.05) is 31.2 Å². The van der Waals surface area contributed by atoms with Gasteiger partial charge in [-0.3, -0.25) is 0 Å². The van der Waals surface area contributed by atoms with Crippen molar-refractivity contribution in [2.75, 3.05) is 11.9 Å². The molecule has 0 radical (unpaired) electrons. The molecule has 0 saturated carbocycles. The summed E-state index contributed by atoms with van der Waals surface area (Å²) in [6.45, 7) is 2.60. The predicted octanol–water partition coefficient (Wildman–Crippen LogP) is 3.48. The van der Waals surface area contributed by atoms with Gasteiger partial charge < -0.3 is 10.1 Å². The Morgan fingerprint density at radius 2 is 2.16 bits per heavy atom. The van der Waals surface area contributed by atoms with Gasteiger partial charge in [-0.1, -0.05) is 18.2 Å². The first kappa shape index (κ1) is 12.4. The monoisotopic (exact) mass is 319 g/mol. The second-order valence-electron chi connectivity index (χ2n) is 4.50. The zero-order valence-electron chi connectivity index (χ0n) is 10.6. The van der Waals surface area contributed by atoms with Gasteiger partial charge in [0.15, 0.2) is 0 Å². The Morgan fingerprint density at radius 3 is 3.00 bits per heavy atom. The van der Waals surface area contributed by atoms with E-state index in [2.05, 4.69) is 37.3 Å². The third-order valence-electron chi connectivity index (χ3n) is 3.09. The zero-order chi connectivity index (χ0) is 13.2. The highest BCUT2D eigenvalue weighted by Crippen LogP contribution is 2.33. The number of rotatable bonds is 2. The number of benzene rings is 1. The van der Waals surface area contributed by atoms with Crippen molar-refractivity contribution in [3.8, 4) is 5.75 Å². The number of ether oxygens (including phenoxy) is 1. The Bertz CT molecular complexity index is 583. The molecule has 1 unspecified atom stereocenters. The summed E-state index contributed by atoms with van der Waals surface area (Å²) in [7, 11) is 0. The zero-order valence-corrected chi connectivity index (χ0v) is 12.1. The van der Waals surface area contributed by atoms with Crippen LogP contribution in [0.3, 0.4) is 0 Å². The van der Waals surface area contributed by atoms with E-state index < -0.39 is 0 Å². The van der Waals surface area contributed by atoms with Crippen LogP contribution in [-0.4, -0.2) is 16.6 Å². The van der Waals surface area contributed by atoms with Gasteiger partial charge in [0.05, 0.1) is 12.6 Å². The Balaban J connectivity index is 1.88. The number of nitrogens with zero attached hydrogens (tertiary/aromatic N) is 2. The fourth-order valence-electron chi connectivity index (χ4n) is 2.28. The molecule has 0 fully saturated rings. The van der Waals surface area contributed by atoms with E-state index in [-0.39, 0.29) is 6.04 Å². The molecule has 19 heavy (non-hydrogen) atoms. The highest BCUT2D eigenvalue weighted by Gasteiger charge is 2.21. The van der Waals surface area contributed by atoms with Crippen molar-refractivity contribution in [1.82, 2.24) is 9.97 Å². The number of aromatic nitrogens is 2. The number of hydrogen-bond acceptors (Lipinski definition) is 4. The van der Waals surface area contributed by atoms with Crippen LogP contribution in [0.15, 0.2) is 34.9 Å². The highest BCUT2D eigenvalue weighted by molar-refractivity contribution is 9.10. The molecule has 1 atom stereocenters. The summed E-state index contributed by atoms with van der Waals surface area (Å²) in [5.41, 5.74) is 1.18. The van der Waals surface area contributed by atoms with E-state index in [0.29, 0.717) is 0 Å². The summed E-state index contributed by atoms with van der Waals surface area (Å²) in [5, 5.41) is 3.46. The number of anilines is 1. The second kappa shape index (κ2) is 5.17. The summed E-state index contributed by atoms with van der Waals surface area (Å²) in [5.74, 6) is 2.54. The molecular formula is C14H14BrN3O. The van der Waals surface area contributed by atoms with E-state index in [4.69, 9.17) is 4.74 Å². The summed E-state index contributed by atoms with van der Waals surface area (Å²) >= 11 is 3.39. The average Bonchev–Trinajstić information content (AvgIpc) is 2.38. The Labute approximate surface area is 120 Å². The number of fused-ring (bicyclic) bond motifs is 1. The highest BCUT2D eigenvalue weighted by atomic mass is 79.9. The SMILES string of the molecule is Cc1nc(Br)cc(NC2CCOc3ccccc32)n1. The van der Waals surface area contributed by atoms with Gasteiger partial charge in [0.2, 0.25) is 0 Å². The molecule has 2 heterocycles. The second-order valence-corrected chi connectivity index (χ2v) is 5.31. The van der Waals surface area contributed by atoms with Gasteiger partial charge in [-0.05, 0) is 28.9 Å². The molecule has 0 aliphatic carbocycles. The number of halogens is 1. The van der Waals surface area contributed by atoms with Crippen LogP contribution in [0, 0.1) is 6.92 Å². The Kier molecular flexibility index (Phi) is 3.38. The van der Waals surface area contributed by atoms with Gasteiger partial charge in [-0.2, -0.15) is 0 Å². The van der Waals surface area contributed by atoms with Crippen molar-refractivity contribution < 1.29 is 4.74 Å². The Morgan fingerprint density at radius 1 is 1.32 bits per heavy atom. The summed E-state index contributed by atoms with van der Waals surface area (Å²) < 4.78 is 6.45. The number of aryl methyl sites for hydroxylation is 1. The molecule has 1 aromatic heterocycles. The van der Waals surface area contributed by atoms with E-state index in [0.717, 1.165) is 35.0 Å². The molecule has 1 aromatic carbocycles. The fraction of sp³-hybridized carbons (Fsp3) is 0.286. The molecule has 1 aliphatic heterocycles. The largest absolute Gasteiger partial charge is 0.493 e. The van der Waals surface area contributed by atoms with Crippen molar-refractivity contribution >= 4 is 21.7 Å². The first-order valence-electron chi connectivity index (χ1n) is 6.22. The molecule has 0 spiro atoms. The van der Waals surface area contributed by atoms with Crippen molar-refractivity contribution in [2.45, 2.75) is 19.4 Å². The summed E-state index contributed by atoms with van der Waals surface area (Å²) in [6, 6.07) is 10.2. The normalized spacial score (nSPS) is 17.5. The van der Waals surface area contributed by atoms with E-state index in [1.165, 1.54) is 5.56 Å². The minimum absolute atomic E-state index is 0.228. The first-order valence-corrected chi connectivity index (χ1v) is 7.01. The quantitative estimate of drug-likeness (QED) is 0.861. The third-order valence-corrected chi connectivity index (χ3v) is 3.49. The summed E-state index contributed by atoms with van der Waals surface area (Å²) in [6.07, 6.45) is 0.928. The maximum absolute atomic E-state index is 5.66. The standard InChI is InChI=1S/C14H14BrN3O/c1-9-16-13(15)8-14(17-9)18-11-6-7-19-12-5-3-2-4-10(11)12/h2-5,8,11H,6-7H2,1H3,(H,16,17,18). The van der Waals surface area contributed by atoms with Crippen molar-refractivity contribution in [3.05, 3.63) is 46.3 Å². The third kappa shape index (κ3) is 2.71.